The summed E-state index contributed by atoms with van der Waals surface area (Å²) in [6, 6.07) is 6.13. The number of urea groups is 1. The van der Waals surface area contributed by atoms with Crippen LogP contribution in [0.1, 0.15) is 21.7 Å². The van der Waals surface area contributed by atoms with Crippen LogP contribution in [0.2, 0.25) is 5.02 Å². The monoisotopic (exact) mass is 307 g/mol. The van der Waals surface area contributed by atoms with E-state index in [2.05, 4.69) is 15.6 Å². The van der Waals surface area contributed by atoms with Crippen LogP contribution in [0.3, 0.4) is 0 Å². The first-order valence-corrected chi connectivity index (χ1v) is 6.51. The zero-order valence-corrected chi connectivity index (χ0v) is 12.2. The lowest BCUT2D eigenvalue weighted by atomic mass is 10.2. The van der Waals surface area contributed by atoms with Gasteiger partial charge >= 0.3 is 12.0 Å². The Morgan fingerprint density at radius 3 is 2.48 bits per heavy atom. The zero-order valence-electron chi connectivity index (χ0n) is 11.5. The van der Waals surface area contributed by atoms with Crippen molar-refractivity contribution in [3.63, 3.8) is 0 Å². The van der Waals surface area contributed by atoms with Crippen molar-refractivity contribution in [1.82, 2.24) is 4.98 Å². The third-order valence-corrected chi connectivity index (χ3v) is 3.10. The van der Waals surface area contributed by atoms with Crippen molar-refractivity contribution in [3.8, 4) is 0 Å². The predicted octanol–water partition coefficient (Wildman–Crippen LogP) is 3.63. The van der Waals surface area contributed by atoms with E-state index >= 15 is 0 Å². The lowest BCUT2D eigenvalue weighted by Gasteiger charge is -2.10. The molecule has 2 aromatic rings. The van der Waals surface area contributed by atoms with Crippen LogP contribution in [-0.4, -0.2) is 22.1 Å². The maximum atomic E-state index is 12.0. The lowest BCUT2D eigenvalue weighted by molar-refractivity contribution is 0.0692. The van der Waals surface area contributed by atoms with Gasteiger partial charge in [-0.1, -0.05) is 17.7 Å². The Kier molecular flexibility index (Phi) is 4.18. The van der Waals surface area contributed by atoms with Crippen LogP contribution in [0.4, 0.5) is 16.2 Å². The first-order valence-electron chi connectivity index (χ1n) is 6.14. The second-order valence-electron chi connectivity index (χ2n) is 4.58. The van der Waals surface area contributed by atoms with E-state index in [1.165, 1.54) is 0 Å². The van der Waals surface area contributed by atoms with Crippen molar-refractivity contribution >= 4 is 35.0 Å². The number of benzene rings is 1. The standard InChI is InChI=1S/C14H14ClN3O3/c1-7-3-4-9(15)6-10(7)17-14(21)18-11-5-8(2)16-12(11)13(19)20/h3-6,16H,1-2H3,(H,19,20)(H2,17,18,21). The molecule has 0 spiro atoms. The number of aromatic carboxylic acids is 1. The highest BCUT2D eigenvalue weighted by molar-refractivity contribution is 6.31. The van der Waals surface area contributed by atoms with Gasteiger partial charge < -0.3 is 20.7 Å². The average molecular weight is 308 g/mol. The van der Waals surface area contributed by atoms with Gasteiger partial charge in [0.05, 0.1) is 5.69 Å². The number of aromatic amines is 1. The lowest BCUT2D eigenvalue weighted by Crippen LogP contribution is -2.21. The van der Waals surface area contributed by atoms with Crippen LogP contribution in [0.25, 0.3) is 0 Å². The first kappa shape index (κ1) is 14.9. The number of H-pyrrole nitrogens is 1. The molecule has 0 bridgehead atoms. The van der Waals surface area contributed by atoms with Gasteiger partial charge in [0, 0.05) is 16.4 Å². The molecule has 0 saturated carbocycles. The Labute approximate surface area is 126 Å². The first-order chi connectivity index (χ1) is 9.86. The molecule has 110 valence electrons. The molecule has 7 heteroatoms. The van der Waals surface area contributed by atoms with Crippen LogP contribution in [-0.2, 0) is 0 Å². The van der Waals surface area contributed by atoms with Crippen LogP contribution >= 0.6 is 11.6 Å². The minimum Gasteiger partial charge on any atom is -0.477 e. The van der Waals surface area contributed by atoms with Gasteiger partial charge in [-0.2, -0.15) is 0 Å². The number of aryl methyl sites for hydroxylation is 2. The van der Waals surface area contributed by atoms with E-state index < -0.39 is 12.0 Å². The Balaban J connectivity index is 2.15. The number of carbonyl (C=O) groups excluding carboxylic acids is 1. The molecule has 1 aromatic heterocycles. The third kappa shape index (κ3) is 3.55. The number of hydrogen-bond acceptors (Lipinski definition) is 2. The van der Waals surface area contributed by atoms with Gasteiger partial charge in [-0.3, -0.25) is 0 Å². The van der Waals surface area contributed by atoms with Gasteiger partial charge in [0.1, 0.15) is 5.69 Å². The number of nitrogens with one attached hydrogen (secondary N) is 3. The summed E-state index contributed by atoms with van der Waals surface area (Å²) >= 11 is 5.88. The number of carboxylic acids is 1. The van der Waals surface area contributed by atoms with Crippen molar-refractivity contribution in [2.45, 2.75) is 13.8 Å². The molecule has 2 rings (SSSR count). The number of carboxylic acid groups (broad SMARTS) is 1. The summed E-state index contributed by atoms with van der Waals surface area (Å²) in [5.74, 6) is -1.14. The van der Waals surface area contributed by atoms with Crippen molar-refractivity contribution in [3.05, 3.63) is 46.2 Å². The minimum absolute atomic E-state index is 0.0644. The fourth-order valence-electron chi connectivity index (χ4n) is 1.86. The maximum Gasteiger partial charge on any atom is 0.354 e. The van der Waals surface area contributed by atoms with Gasteiger partial charge in [-0.25, -0.2) is 9.59 Å². The molecule has 0 fully saturated rings. The summed E-state index contributed by atoms with van der Waals surface area (Å²) in [7, 11) is 0. The molecule has 0 radical (unpaired) electrons. The average Bonchev–Trinajstić information content (AvgIpc) is 2.75. The Bertz CT molecular complexity index is 709. The molecular formula is C14H14ClN3O3. The van der Waals surface area contributed by atoms with E-state index in [0.29, 0.717) is 16.4 Å². The van der Waals surface area contributed by atoms with Gasteiger partial charge in [0.25, 0.3) is 0 Å². The Morgan fingerprint density at radius 2 is 1.81 bits per heavy atom. The van der Waals surface area contributed by atoms with E-state index in [4.69, 9.17) is 16.7 Å². The SMILES string of the molecule is Cc1cc(NC(=O)Nc2cc(Cl)ccc2C)c(C(=O)O)[nH]1. The molecule has 21 heavy (non-hydrogen) atoms. The maximum absolute atomic E-state index is 12.0. The summed E-state index contributed by atoms with van der Waals surface area (Å²) in [4.78, 5) is 25.7. The molecule has 1 heterocycles. The van der Waals surface area contributed by atoms with E-state index in [-0.39, 0.29) is 11.4 Å². The van der Waals surface area contributed by atoms with Crippen molar-refractivity contribution in [1.29, 1.82) is 0 Å². The molecule has 0 aliphatic heterocycles. The number of carbonyl (C=O) groups is 2. The number of hydrogen-bond donors (Lipinski definition) is 4. The molecular weight excluding hydrogens is 294 g/mol. The number of halogens is 1. The quantitative estimate of drug-likeness (QED) is 0.697. The topological polar surface area (TPSA) is 94.2 Å². The second kappa shape index (κ2) is 5.88. The van der Waals surface area contributed by atoms with Crippen LogP contribution in [0, 0.1) is 13.8 Å². The molecule has 0 unspecified atom stereocenters. The largest absolute Gasteiger partial charge is 0.477 e. The van der Waals surface area contributed by atoms with E-state index in [1.54, 1.807) is 31.2 Å². The van der Waals surface area contributed by atoms with E-state index in [1.807, 2.05) is 6.92 Å². The Morgan fingerprint density at radius 1 is 1.14 bits per heavy atom. The van der Waals surface area contributed by atoms with Crippen LogP contribution in [0.5, 0.6) is 0 Å². The predicted molar refractivity (Wildman–Crippen MR) is 81.3 cm³/mol. The molecule has 0 aliphatic carbocycles. The Hall–Kier alpha value is -2.47. The molecule has 4 N–H and O–H groups in total. The highest BCUT2D eigenvalue weighted by Crippen LogP contribution is 2.21. The summed E-state index contributed by atoms with van der Waals surface area (Å²) in [5.41, 5.74) is 2.19. The minimum atomic E-state index is -1.14. The zero-order chi connectivity index (χ0) is 15.6. The fraction of sp³-hybridized carbons (Fsp3) is 0.143. The van der Waals surface area contributed by atoms with Gasteiger partial charge in [-0.15, -0.1) is 0 Å². The summed E-state index contributed by atoms with van der Waals surface area (Å²) in [5, 5.41) is 14.7. The van der Waals surface area contributed by atoms with Gasteiger partial charge in [0.15, 0.2) is 0 Å². The molecule has 2 amide bonds. The highest BCUT2D eigenvalue weighted by atomic mass is 35.5. The van der Waals surface area contributed by atoms with Crippen molar-refractivity contribution in [2.75, 3.05) is 10.6 Å². The summed E-state index contributed by atoms with van der Waals surface area (Å²) < 4.78 is 0. The number of anilines is 2. The van der Waals surface area contributed by atoms with E-state index in [0.717, 1.165) is 5.56 Å². The van der Waals surface area contributed by atoms with Crippen molar-refractivity contribution in [2.24, 2.45) is 0 Å². The number of amides is 2. The molecule has 1 aromatic carbocycles. The van der Waals surface area contributed by atoms with Crippen molar-refractivity contribution < 1.29 is 14.7 Å². The normalized spacial score (nSPS) is 10.2. The highest BCUT2D eigenvalue weighted by Gasteiger charge is 2.15. The second-order valence-corrected chi connectivity index (χ2v) is 5.02. The summed E-state index contributed by atoms with van der Waals surface area (Å²) in [6.07, 6.45) is 0. The fourth-order valence-corrected chi connectivity index (χ4v) is 2.03. The van der Waals surface area contributed by atoms with Gasteiger partial charge in [0.2, 0.25) is 0 Å². The van der Waals surface area contributed by atoms with E-state index in [9.17, 15) is 9.59 Å². The molecule has 6 nitrogen and oxygen atoms in total. The number of rotatable bonds is 3. The summed E-state index contributed by atoms with van der Waals surface area (Å²) in [6.45, 7) is 3.53. The molecule has 0 atom stereocenters. The van der Waals surface area contributed by atoms with Crippen LogP contribution in [0.15, 0.2) is 24.3 Å². The smallest absolute Gasteiger partial charge is 0.354 e. The molecule has 0 aliphatic rings. The molecule has 0 saturated heterocycles. The number of aromatic nitrogens is 1. The van der Waals surface area contributed by atoms with Gasteiger partial charge in [-0.05, 0) is 37.6 Å². The third-order valence-electron chi connectivity index (χ3n) is 2.86. The van der Waals surface area contributed by atoms with Crippen LogP contribution < -0.4 is 10.6 Å².